The van der Waals surface area contributed by atoms with Crippen LogP contribution in [0.15, 0.2) is 29.4 Å². The second-order valence-corrected chi connectivity index (χ2v) is 3.51. The van der Waals surface area contributed by atoms with Crippen LogP contribution in [0.1, 0.15) is 22.0 Å². The molecule has 1 heterocycles. The Kier molecular flexibility index (Phi) is 3.06. The molecule has 0 N–H and O–H groups in total. The van der Waals surface area contributed by atoms with Gasteiger partial charge in [-0.15, -0.1) is 0 Å². The van der Waals surface area contributed by atoms with Crippen molar-refractivity contribution in [2.24, 2.45) is 11.1 Å². The zero-order valence-corrected chi connectivity index (χ0v) is 9.16. The quantitative estimate of drug-likeness (QED) is 0.450. The van der Waals surface area contributed by atoms with Crippen molar-refractivity contribution < 1.29 is 14.4 Å². The topological polar surface area (TPSA) is 71.7 Å². The molecule has 0 spiro atoms. The average Bonchev–Trinajstić information content (AvgIpc) is 2.69. The highest BCUT2D eigenvalue weighted by atomic mass is 16.6. The minimum atomic E-state index is -0.650. The van der Waals surface area contributed by atoms with Crippen molar-refractivity contribution >= 4 is 12.2 Å². The second kappa shape index (κ2) is 4.66. The molecular formula is C12H10N2O3. The van der Waals surface area contributed by atoms with E-state index >= 15 is 0 Å². The molecule has 0 radical (unpaired) electrons. The summed E-state index contributed by atoms with van der Waals surface area (Å²) >= 11 is 0. The van der Waals surface area contributed by atoms with Crippen LogP contribution in [-0.2, 0) is 9.57 Å². The Bertz CT molecular complexity index is 505. The number of benzene rings is 1. The van der Waals surface area contributed by atoms with Crippen LogP contribution in [0.2, 0.25) is 0 Å². The van der Waals surface area contributed by atoms with E-state index < -0.39 is 18.0 Å². The summed E-state index contributed by atoms with van der Waals surface area (Å²) in [7, 11) is 1.39. The zero-order valence-electron chi connectivity index (χ0n) is 9.16. The van der Waals surface area contributed by atoms with Gasteiger partial charge in [-0.3, -0.25) is 0 Å². The van der Waals surface area contributed by atoms with Crippen molar-refractivity contribution in [1.29, 1.82) is 5.26 Å². The Balaban J connectivity index is 2.33. The van der Waals surface area contributed by atoms with Gasteiger partial charge < -0.3 is 9.57 Å². The Hall–Kier alpha value is -2.35. The minimum Gasteiger partial charge on any atom is -0.452 e. The largest absolute Gasteiger partial charge is 0.452 e. The molecule has 0 bridgehead atoms. The molecule has 5 heteroatoms. The molecule has 0 aliphatic carbocycles. The SMILES string of the molecule is CO/N=C\[C@@H](C#N)[C@H]1OC(=O)c2ccccc21. The zero-order chi connectivity index (χ0) is 12.3. The third-order valence-corrected chi connectivity index (χ3v) is 2.52. The number of carbonyl (C=O) groups is 1. The molecule has 0 fully saturated rings. The number of hydrogen-bond donors (Lipinski definition) is 0. The standard InChI is InChI=1S/C12H10N2O3/c1-16-14-7-8(6-13)11-9-4-2-3-5-10(9)12(15)17-11/h2-5,7-8,11H,1H3/b14-7-/t8-,11-/m1/s1. The number of nitriles is 1. The predicted molar refractivity (Wildman–Crippen MR) is 59.2 cm³/mol. The van der Waals surface area contributed by atoms with Crippen molar-refractivity contribution in [2.45, 2.75) is 6.10 Å². The fourth-order valence-corrected chi connectivity index (χ4v) is 1.75. The molecular weight excluding hydrogens is 220 g/mol. The van der Waals surface area contributed by atoms with Gasteiger partial charge >= 0.3 is 5.97 Å². The van der Waals surface area contributed by atoms with E-state index in [1.54, 1.807) is 24.3 Å². The number of oxime groups is 1. The number of hydrogen-bond acceptors (Lipinski definition) is 5. The molecule has 5 nitrogen and oxygen atoms in total. The summed E-state index contributed by atoms with van der Waals surface area (Å²) in [6.07, 6.45) is 0.725. The molecule has 2 rings (SSSR count). The lowest BCUT2D eigenvalue weighted by molar-refractivity contribution is 0.0353. The van der Waals surface area contributed by atoms with Gasteiger partial charge in [0.15, 0.2) is 0 Å². The fourth-order valence-electron chi connectivity index (χ4n) is 1.75. The molecule has 0 saturated heterocycles. The van der Waals surface area contributed by atoms with E-state index in [0.29, 0.717) is 11.1 Å². The van der Waals surface area contributed by atoms with Crippen LogP contribution < -0.4 is 0 Å². The van der Waals surface area contributed by atoms with Crippen molar-refractivity contribution in [3.05, 3.63) is 35.4 Å². The van der Waals surface area contributed by atoms with Crippen LogP contribution in [0, 0.1) is 17.2 Å². The summed E-state index contributed by atoms with van der Waals surface area (Å²) < 4.78 is 5.17. The molecule has 0 amide bonds. The Labute approximate surface area is 98.2 Å². The third kappa shape index (κ3) is 1.97. The van der Waals surface area contributed by atoms with Gasteiger partial charge in [0.1, 0.15) is 19.1 Å². The highest BCUT2D eigenvalue weighted by molar-refractivity contribution is 5.94. The van der Waals surface area contributed by atoms with Crippen LogP contribution in [0.5, 0.6) is 0 Å². The summed E-state index contributed by atoms with van der Waals surface area (Å²) in [6, 6.07) is 9.05. The van der Waals surface area contributed by atoms with Gasteiger partial charge in [0.2, 0.25) is 0 Å². The molecule has 17 heavy (non-hydrogen) atoms. The van der Waals surface area contributed by atoms with Crippen molar-refractivity contribution in [1.82, 2.24) is 0 Å². The summed E-state index contributed by atoms with van der Waals surface area (Å²) in [6.45, 7) is 0. The van der Waals surface area contributed by atoms with Crippen LogP contribution in [-0.4, -0.2) is 19.3 Å². The third-order valence-electron chi connectivity index (χ3n) is 2.52. The first-order valence-corrected chi connectivity index (χ1v) is 5.04. The van der Waals surface area contributed by atoms with Gasteiger partial charge in [-0.2, -0.15) is 5.26 Å². The first-order chi connectivity index (χ1) is 8.27. The molecule has 86 valence electrons. The van der Waals surface area contributed by atoms with E-state index in [0.717, 1.165) is 0 Å². The second-order valence-electron chi connectivity index (χ2n) is 3.51. The smallest absolute Gasteiger partial charge is 0.339 e. The molecule has 0 aromatic heterocycles. The Morgan fingerprint density at radius 1 is 1.59 bits per heavy atom. The lowest BCUT2D eigenvalue weighted by atomic mass is 9.96. The molecule has 1 aliphatic rings. The lowest BCUT2D eigenvalue weighted by Crippen LogP contribution is -2.12. The van der Waals surface area contributed by atoms with Crippen LogP contribution >= 0.6 is 0 Å². The lowest BCUT2D eigenvalue weighted by Gasteiger charge is -2.12. The van der Waals surface area contributed by atoms with Gasteiger partial charge in [0.05, 0.1) is 17.8 Å². The van der Waals surface area contributed by atoms with E-state index in [1.165, 1.54) is 13.3 Å². The van der Waals surface area contributed by atoms with Crippen molar-refractivity contribution in [3.63, 3.8) is 0 Å². The number of cyclic esters (lactones) is 1. The van der Waals surface area contributed by atoms with E-state index in [2.05, 4.69) is 9.99 Å². The molecule has 0 unspecified atom stereocenters. The van der Waals surface area contributed by atoms with Crippen LogP contribution in [0.25, 0.3) is 0 Å². The summed E-state index contributed by atoms with van der Waals surface area (Å²) in [4.78, 5) is 16.1. The Morgan fingerprint density at radius 3 is 3.06 bits per heavy atom. The van der Waals surface area contributed by atoms with Crippen molar-refractivity contribution in [3.8, 4) is 6.07 Å². The molecule has 1 aromatic carbocycles. The number of fused-ring (bicyclic) bond motifs is 1. The number of esters is 1. The van der Waals surface area contributed by atoms with Gasteiger partial charge in [-0.05, 0) is 6.07 Å². The number of nitrogens with zero attached hydrogens (tertiary/aromatic N) is 2. The minimum absolute atomic E-state index is 0.406. The summed E-state index contributed by atoms with van der Waals surface area (Å²) in [5, 5.41) is 12.6. The van der Waals surface area contributed by atoms with E-state index in [9.17, 15) is 4.79 Å². The number of carbonyl (C=O) groups excluding carboxylic acids is 1. The molecule has 2 atom stereocenters. The molecule has 1 aliphatic heterocycles. The monoisotopic (exact) mass is 230 g/mol. The maximum Gasteiger partial charge on any atom is 0.339 e. The fraction of sp³-hybridized carbons (Fsp3) is 0.250. The first kappa shape index (κ1) is 11.1. The van der Waals surface area contributed by atoms with Gasteiger partial charge in [0, 0.05) is 5.56 Å². The molecule has 1 aromatic rings. The van der Waals surface area contributed by atoms with E-state index in [4.69, 9.17) is 10.00 Å². The summed E-state index contributed by atoms with van der Waals surface area (Å²) in [5.41, 5.74) is 1.22. The predicted octanol–water partition coefficient (Wildman–Crippen LogP) is 1.67. The number of rotatable bonds is 3. The maximum absolute atomic E-state index is 11.6. The Morgan fingerprint density at radius 2 is 2.35 bits per heavy atom. The van der Waals surface area contributed by atoms with Gasteiger partial charge in [-0.25, -0.2) is 4.79 Å². The highest BCUT2D eigenvalue weighted by Gasteiger charge is 2.35. The van der Waals surface area contributed by atoms with E-state index in [-0.39, 0.29) is 0 Å². The first-order valence-electron chi connectivity index (χ1n) is 5.04. The maximum atomic E-state index is 11.6. The van der Waals surface area contributed by atoms with Crippen LogP contribution in [0.3, 0.4) is 0 Å². The highest BCUT2D eigenvalue weighted by Crippen LogP contribution is 2.34. The van der Waals surface area contributed by atoms with Crippen LogP contribution in [0.4, 0.5) is 0 Å². The molecule has 0 saturated carbocycles. The summed E-state index contributed by atoms with van der Waals surface area (Å²) in [5.74, 6) is -1.06. The van der Waals surface area contributed by atoms with Crippen molar-refractivity contribution in [2.75, 3.05) is 7.11 Å². The normalized spacial score (nSPS) is 19.5. The van der Waals surface area contributed by atoms with E-state index in [1.807, 2.05) is 6.07 Å². The number of ether oxygens (including phenoxy) is 1. The van der Waals surface area contributed by atoms with Gasteiger partial charge in [0.25, 0.3) is 0 Å². The van der Waals surface area contributed by atoms with Gasteiger partial charge in [-0.1, -0.05) is 23.4 Å². The average molecular weight is 230 g/mol.